The van der Waals surface area contributed by atoms with E-state index >= 15 is 0 Å². The highest BCUT2D eigenvalue weighted by molar-refractivity contribution is 5.99. The number of carbonyl (C=O) groups is 1. The van der Waals surface area contributed by atoms with Crippen molar-refractivity contribution in [3.05, 3.63) is 35.9 Å². The topological polar surface area (TPSA) is 26.3 Å². The lowest BCUT2D eigenvalue weighted by atomic mass is 9.70. The SMILES string of the molecule is CC(OC1CC2CCC1(C)C2(C)C)C(=O)c1ccccc1. The van der Waals surface area contributed by atoms with Gasteiger partial charge in [0.1, 0.15) is 6.10 Å². The molecule has 2 bridgehead atoms. The number of benzene rings is 1. The van der Waals surface area contributed by atoms with E-state index in [0.717, 1.165) is 17.9 Å². The zero-order valence-electron chi connectivity index (χ0n) is 13.6. The van der Waals surface area contributed by atoms with Gasteiger partial charge in [0.2, 0.25) is 0 Å². The van der Waals surface area contributed by atoms with E-state index in [0.29, 0.717) is 5.41 Å². The Bertz CT molecular complexity index is 534. The average molecular weight is 286 g/mol. The standard InChI is InChI=1S/C19H26O2/c1-13(17(20)14-8-6-5-7-9-14)21-16-12-15-10-11-19(16,4)18(15,2)3/h5-9,13,15-16H,10-12H2,1-4H3. The summed E-state index contributed by atoms with van der Waals surface area (Å²) in [5.41, 5.74) is 1.29. The van der Waals surface area contributed by atoms with Crippen LogP contribution in [0.5, 0.6) is 0 Å². The average Bonchev–Trinajstić information content (AvgIpc) is 2.80. The van der Waals surface area contributed by atoms with E-state index in [1.54, 1.807) is 0 Å². The molecule has 2 fully saturated rings. The van der Waals surface area contributed by atoms with Crippen LogP contribution < -0.4 is 0 Å². The molecule has 4 unspecified atom stereocenters. The molecule has 21 heavy (non-hydrogen) atoms. The predicted molar refractivity (Wildman–Crippen MR) is 84.3 cm³/mol. The lowest BCUT2D eigenvalue weighted by Crippen LogP contribution is -2.40. The maximum atomic E-state index is 12.5. The first-order valence-corrected chi connectivity index (χ1v) is 8.11. The number of carbonyl (C=O) groups excluding carboxylic acids is 1. The van der Waals surface area contributed by atoms with Crippen molar-refractivity contribution < 1.29 is 9.53 Å². The summed E-state index contributed by atoms with van der Waals surface area (Å²) in [6, 6.07) is 9.48. The van der Waals surface area contributed by atoms with Gasteiger partial charge in [-0.25, -0.2) is 0 Å². The van der Waals surface area contributed by atoms with E-state index in [1.165, 1.54) is 12.8 Å². The van der Waals surface area contributed by atoms with Crippen LogP contribution in [0.1, 0.15) is 57.3 Å². The number of hydrogen-bond acceptors (Lipinski definition) is 2. The van der Waals surface area contributed by atoms with E-state index in [1.807, 2.05) is 37.3 Å². The highest BCUT2D eigenvalue weighted by atomic mass is 16.5. The molecule has 2 heteroatoms. The van der Waals surface area contributed by atoms with Crippen molar-refractivity contribution >= 4 is 5.78 Å². The molecule has 3 rings (SSSR count). The Morgan fingerprint density at radius 1 is 1.24 bits per heavy atom. The maximum absolute atomic E-state index is 12.5. The summed E-state index contributed by atoms with van der Waals surface area (Å²) in [4.78, 5) is 12.5. The van der Waals surface area contributed by atoms with Gasteiger partial charge in [-0.05, 0) is 42.9 Å². The summed E-state index contributed by atoms with van der Waals surface area (Å²) in [7, 11) is 0. The zero-order chi connectivity index (χ0) is 15.3. The number of ketones is 1. The molecule has 2 nitrogen and oxygen atoms in total. The Labute approximate surface area is 127 Å². The molecule has 2 aliphatic carbocycles. The molecular formula is C19H26O2. The normalized spacial score (nSPS) is 34.9. The van der Waals surface area contributed by atoms with E-state index in [2.05, 4.69) is 20.8 Å². The van der Waals surface area contributed by atoms with Crippen molar-refractivity contribution in [1.29, 1.82) is 0 Å². The quantitative estimate of drug-likeness (QED) is 0.762. The molecule has 2 saturated carbocycles. The van der Waals surface area contributed by atoms with Crippen molar-refractivity contribution in [2.24, 2.45) is 16.7 Å². The van der Waals surface area contributed by atoms with E-state index in [-0.39, 0.29) is 23.4 Å². The summed E-state index contributed by atoms with van der Waals surface area (Å²) in [5.74, 6) is 0.839. The Hall–Kier alpha value is -1.15. The van der Waals surface area contributed by atoms with Crippen molar-refractivity contribution in [3.8, 4) is 0 Å². The Morgan fingerprint density at radius 3 is 2.43 bits per heavy atom. The lowest BCUT2D eigenvalue weighted by Gasteiger charge is -2.39. The molecule has 0 aliphatic heterocycles. The highest BCUT2D eigenvalue weighted by Crippen LogP contribution is 2.66. The molecule has 0 amide bonds. The van der Waals surface area contributed by atoms with Crippen LogP contribution in [-0.2, 0) is 4.74 Å². The fourth-order valence-electron chi connectivity index (χ4n) is 4.48. The second-order valence-electron chi connectivity index (χ2n) is 7.61. The Balaban J connectivity index is 1.72. The van der Waals surface area contributed by atoms with Gasteiger partial charge < -0.3 is 4.74 Å². The molecule has 0 N–H and O–H groups in total. The fraction of sp³-hybridized carbons (Fsp3) is 0.632. The number of Topliss-reactive ketones (excluding diaryl/α,β-unsaturated/α-hetero) is 1. The van der Waals surface area contributed by atoms with Gasteiger partial charge in [-0.3, -0.25) is 4.79 Å². The van der Waals surface area contributed by atoms with Crippen LogP contribution >= 0.6 is 0 Å². The third kappa shape index (κ3) is 2.15. The van der Waals surface area contributed by atoms with Gasteiger partial charge >= 0.3 is 0 Å². The highest BCUT2D eigenvalue weighted by Gasteiger charge is 2.62. The van der Waals surface area contributed by atoms with E-state index < -0.39 is 0 Å². The second kappa shape index (κ2) is 4.95. The Kier molecular flexibility index (Phi) is 3.48. The number of hydrogen-bond donors (Lipinski definition) is 0. The van der Waals surface area contributed by atoms with Crippen molar-refractivity contribution in [2.75, 3.05) is 0 Å². The van der Waals surface area contributed by atoms with E-state index in [9.17, 15) is 4.79 Å². The number of ether oxygens (including phenoxy) is 1. The van der Waals surface area contributed by atoms with Crippen LogP contribution in [-0.4, -0.2) is 18.0 Å². The van der Waals surface area contributed by atoms with Crippen LogP contribution in [0.25, 0.3) is 0 Å². The third-order valence-corrected chi connectivity index (χ3v) is 6.51. The van der Waals surface area contributed by atoms with Gasteiger partial charge in [-0.2, -0.15) is 0 Å². The fourth-order valence-corrected chi connectivity index (χ4v) is 4.48. The molecule has 0 saturated heterocycles. The van der Waals surface area contributed by atoms with Crippen LogP contribution in [0, 0.1) is 16.7 Å². The molecule has 114 valence electrons. The minimum Gasteiger partial charge on any atom is -0.367 e. The van der Waals surface area contributed by atoms with Gasteiger partial charge in [0.25, 0.3) is 0 Å². The van der Waals surface area contributed by atoms with Gasteiger partial charge in [0, 0.05) is 5.56 Å². The predicted octanol–water partition coefficient (Wildman–Crippen LogP) is 4.49. The van der Waals surface area contributed by atoms with Gasteiger partial charge in [0.05, 0.1) is 6.10 Å². The number of rotatable bonds is 4. The molecule has 1 aromatic rings. The van der Waals surface area contributed by atoms with Crippen LogP contribution in [0.4, 0.5) is 0 Å². The molecule has 0 spiro atoms. The molecule has 0 aromatic heterocycles. The monoisotopic (exact) mass is 286 g/mol. The first-order valence-electron chi connectivity index (χ1n) is 8.11. The first kappa shape index (κ1) is 14.8. The van der Waals surface area contributed by atoms with Gasteiger partial charge in [0.15, 0.2) is 5.78 Å². The number of fused-ring (bicyclic) bond motifs is 2. The van der Waals surface area contributed by atoms with Crippen LogP contribution in [0.3, 0.4) is 0 Å². The summed E-state index contributed by atoms with van der Waals surface area (Å²) in [5, 5.41) is 0. The molecule has 1 aromatic carbocycles. The lowest BCUT2D eigenvalue weighted by molar-refractivity contribution is -0.0686. The second-order valence-corrected chi connectivity index (χ2v) is 7.61. The molecule has 2 aliphatic rings. The molecule has 4 atom stereocenters. The van der Waals surface area contributed by atoms with Crippen molar-refractivity contribution in [3.63, 3.8) is 0 Å². The molecular weight excluding hydrogens is 260 g/mol. The van der Waals surface area contributed by atoms with Crippen molar-refractivity contribution in [2.45, 2.75) is 59.2 Å². The van der Waals surface area contributed by atoms with Crippen LogP contribution in [0.2, 0.25) is 0 Å². The molecule has 0 radical (unpaired) electrons. The van der Waals surface area contributed by atoms with Crippen molar-refractivity contribution in [1.82, 2.24) is 0 Å². The summed E-state index contributed by atoms with van der Waals surface area (Å²) in [6.07, 6.45) is 3.50. The first-order chi connectivity index (χ1) is 9.86. The smallest absolute Gasteiger partial charge is 0.191 e. The van der Waals surface area contributed by atoms with E-state index in [4.69, 9.17) is 4.74 Å². The zero-order valence-corrected chi connectivity index (χ0v) is 13.6. The summed E-state index contributed by atoms with van der Waals surface area (Å²) >= 11 is 0. The van der Waals surface area contributed by atoms with Gasteiger partial charge in [-0.1, -0.05) is 51.1 Å². The Morgan fingerprint density at radius 2 is 1.90 bits per heavy atom. The summed E-state index contributed by atoms with van der Waals surface area (Å²) in [6.45, 7) is 9.00. The van der Waals surface area contributed by atoms with Gasteiger partial charge in [-0.15, -0.1) is 0 Å². The summed E-state index contributed by atoms with van der Waals surface area (Å²) < 4.78 is 6.25. The minimum absolute atomic E-state index is 0.0970. The largest absolute Gasteiger partial charge is 0.367 e. The minimum atomic E-state index is -0.357. The van der Waals surface area contributed by atoms with Crippen LogP contribution in [0.15, 0.2) is 30.3 Å². The maximum Gasteiger partial charge on any atom is 0.191 e. The molecule has 0 heterocycles. The third-order valence-electron chi connectivity index (χ3n) is 6.51.